The quantitative estimate of drug-likeness (QED) is 0.618. The zero-order chi connectivity index (χ0) is 18.8. The summed E-state index contributed by atoms with van der Waals surface area (Å²) in [6.07, 6.45) is 4.69. The smallest absolute Gasteiger partial charge is 0.263 e. The maximum absolute atomic E-state index is 12.8. The van der Waals surface area contributed by atoms with Crippen LogP contribution in [-0.4, -0.2) is 27.3 Å². The third-order valence-electron chi connectivity index (χ3n) is 5.36. The number of amides is 1. The zero-order valence-electron chi connectivity index (χ0n) is 15.9. The highest BCUT2D eigenvalue weighted by Gasteiger charge is 2.23. The molecular formula is C19H27N3O2S2. The van der Waals surface area contributed by atoms with Crippen molar-refractivity contribution in [1.82, 2.24) is 14.9 Å². The highest BCUT2D eigenvalue weighted by Crippen LogP contribution is 2.28. The molecule has 0 spiro atoms. The molecule has 1 amide bonds. The van der Waals surface area contributed by atoms with Gasteiger partial charge in [-0.3, -0.25) is 14.2 Å². The van der Waals surface area contributed by atoms with Gasteiger partial charge in [-0.1, -0.05) is 31.5 Å². The van der Waals surface area contributed by atoms with Gasteiger partial charge in [-0.15, -0.1) is 11.3 Å². The molecular weight excluding hydrogens is 366 g/mol. The van der Waals surface area contributed by atoms with Crippen LogP contribution >= 0.6 is 23.1 Å². The first-order chi connectivity index (χ1) is 12.4. The number of aromatic nitrogens is 2. The van der Waals surface area contributed by atoms with E-state index >= 15 is 0 Å². The molecule has 26 heavy (non-hydrogen) atoms. The van der Waals surface area contributed by atoms with Crippen molar-refractivity contribution in [2.24, 2.45) is 5.92 Å². The molecule has 5 nitrogen and oxygen atoms in total. The van der Waals surface area contributed by atoms with E-state index in [0.717, 1.165) is 27.1 Å². The molecule has 0 radical (unpaired) electrons. The number of fused-ring (bicyclic) bond motifs is 1. The fourth-order valence-electron chi connectivity index (χ4n) is 3.61. The predicted octanol–water partition coefficient (Wildman–Crippen LogP) is 3.88. The maximum Gasteiger partial charge on any atom is 0.263 e. The SMILES string of the molecule is CCn1c(SCC(=O)N[C@@H]2CCCC[C@H]2C)nc2sc(C)c(C)c2c1=O. The van der Waals surface area contributed by atoms with Crippen molar-refractivity contribution in [3.05, 3.63) is 20.8 Å². The van der Waals surface area contributed by atoms with Crippen molar-refractivity contribution in [3.8, 4) is 0 Å². The summed E-state index contributed by atoms with van der Waals surface area (Å²) in [7, 11) is 0. The van der Waals surface area contributed by atoms with Crippen molar-refractivity contribution < 1.29 is 4.79 Å². The Morgan fingerprint density at radius 1 is 1.35 bits per heavy atom. The molecule has 3 rings (SSSR count). The van der Waals surface area contributed by atoms with Crippen LogP contribution in [0.15, 0.2) is 9.95 Å². The number of carbonyl (C=O) groups is 1. The number of nitrogens with zero attached hydrogens (tertiary/aromatic N) is 2. The van der Waals surface area contributed by atoms with Gasteiger partial charge in [-0.2, -0.15) is 0 Å². The topological polar surface area (TPSA) is 64.0 Å². The van der Waals surface area contributed by atoms with E-state index in [1.165, 1.54) is 31.0 Å². The molecule has 0 saturated heterocycles. The van der Waals surface area contributed by atoms with Gasteiger partial charge in [0, 0.05) is 17.5 Å². The van der Waals surface area contributed by atoms with Gasteiger partial charge in [0.1, 0.15) is 4.83 Å². The van der Waals surface area contributed by atoms with Crippen molar-refractivity contribution in [2.45, 2.75) is 71.1 Å². The predicted molar refractivity (Wildman–Crippen MR) is 109 cm³/mol. The third-order valence-corrected chi connectivity index (χ3v) is 7.44. The Labute approximate surface area is 162 Å². The van der Waals surface area contributed by atoms with Gasteiger partial charge in [-0.25, -0.2) is 4.98 Å². The van der Waals surface area contributed by atoms with E-state index in [1.54, 1.807) is 15.9 Å². The molecule has 1 aliphatic carbocycles. The fourth-order valence-corrected chi connectivity index (χ4v) is 5.55. The number of hydrogen-bond acceptors (Lipinski definition) is 5. The lowest BCUT2D eigenvalue weighted by Gasteiger charge is -2.29. The number of thioether (sulfide) groups is 1. The number of nitrogens with one attached hydrogen (secondary N) is 1. The highest BCUT2D eigenvalue weighted by atomic mass is 32.2. The van der Waals surface area contributed by atoms with Gasteiger partial charge in [-0.05, 0) is 45.1 Å². The van der Waals surface area contributed by atoms with E-state index in [-0.39, 0.29) is 17.5 Å². The van der Waals surface area contributed by atoms with Crippen LogP contribution in [0.25, 0.3) is 10.2 Å². The first kappa shape index (κ1) is 19.4. The summed E-state index contributed by atoms with van der Waals surface area (Å²) < 4.78 is 1.68. The molecule has 0 aromatic carbocycles. The Morgan fingerprint density at radius 3 is 2.77 bits per heavy atom. The second kappa shape index (κ2) is 8.13. The molecule has 1 aliphatic rings. The molecule has 1 saturated carbocycles. The van der Waals surface area contributed by atoms with Gasteiger partial charge in [0.15, 0.2) is 5.16 Å². The molecule has 1 fully saturated rings. The molecule has 2 aromatic heterocycles. The zero-order valence-corrected chi connectivity index (χ0v) is 17.6. The minimum Gasteiger partial charge on any atom is -0.352 e. The van der Waals surface area contributed by atoms with E-state index in [4.69, 9.17) is 0 Å². The number of carbonyl (C=O) groups excluding carboxylic acids is 1. The molecule has 0 bridgehead atoms. The molecule has 2 aromatic rings. The number of thiophene rings is 1. The lowest BCUT2D eigenvalue weighted by molar-refractivity contribution is -0.119. The average molecular weight is 394 g/mol. The maximum atomic E-state index is 12.8. The van der Waals surface area contributed by atoms with Gasteiger partial charge >= 0.3 is 0 Å². The fraction of sp³-hybridized carbons (Fsp3) is 0.632. The Kier molecular flexibility index (Phi) is 6.07. The largest absolute Gasteiger partial charge is 0.352 e. The van der Waals surface area contributed by atoms with Crippen LogP contribution in [0, 0.1) is 19.8 Å². The lowest BCUT2D eigenvalue weighted by Crippen LogP contribution is -2.41. The van der Waals surface area contributed by atoms with Gasteiger partial charge < -0.3 is 5.32 Å². The van der Waals surface area contributed by atoms with Gasteiger partial charge in [0.2, 0.25) is 5.91 Å². The minimum absolute atomic E-state index is 0.00293. The van der Waals surface area contributed by atoms with Gasteiger partial charge in [0.25, 0.3) is 5.56 Å². The van der Waals surface area contributed by atoms with Crippen LogP contribution in [0.5, 0.6) is 0 Å². The summed E-state index contributed by atoms with van der Waals surface area (Å²) in [5.41, 5.74) is 1.02. The summed E-state index contributed by atoms with van der Waals surface area (Å²) in [5, 5.41) is 4.53. The van der Waals surface area contributed by atoms with E-state index in [1.807, 2.05) is 20.8 Å². The average Bonchev–Trinajstić information content (AvgIpc) is 2.89. The van der Waals surface area contributed by atoms with Crippen LogP contribution < -0.4 is 10.9 Å². The molecule has 2 heterocycles. The Bertz CT molecular complexity index is 872. The Balaban J connectivity index is 1.76. The Morgan fingerprint density at radius 2 is 2.08 bits per heavy atom. The summed E-state index contributed by atoms with van der Waals surface area (Å²) in [5.74, 6) is 0.868. The summed E-state index contributed by atoms with van der Waals surface area (Å²) in [4.78, 5) is 31.8. The van der Waals surface area contributed by atoms with E-state index in [0.29, 0.717) is 23.4 Å². The van der Waals surface area contributed by atoms with Crippen molar-refractivity contribution in [3.63, 3.8) is 0 Å². The number of rotatable bonds is 5. The number of hydrogen-bond donors (Lipinski definition) is 1. The number of aryl methyl sites for hydroxylation is 2. The molecule has 2 atom stereocenters. The molecule has 142 valence electrons. The molecule has 0 unspecified atom stereocenters. The van der Waals surface area contributed by atoms with E-state index in [2.05, 4.69) is 17.2 Å². The first-order valence-corrected chi connectivity index (χ1v) is 11.1. The van der Waals surface area contributed by atoms with E-state index < -0.39 is 0 Å². The second-order valence-electron chi connectivity index (χ2n) is 7.13. The summed E-state index contributed by atoms with van der Waals surface area (Å²) in [6.45, 7) is 8.70. The normalized spacial score (nSPS) is 20.5. The van der Waals surface area contributed by atoms with Crippen molar-refractivity contribution in [2.75, 3.05) is 5.75 Å². The molecule has 7 heteroatoms. The molecule has 1 N–H and O–H groups in total. The van der Waals surface area contributed by atoms with Gasteiger partial charge in [0.05, 0.1) is 11.1 Å². The second-order valence-corrected chi connectivity index (χ2v) is 9.28. The van der Waals surface area contributed by atoms with E-state index in [9.17, 15) is 9.59 Å². The monoisotopic (exact) mass is 393 g/mol. The lowest BCUT2D eigenvalue weighted by atomic mass is 9.86. The van der Waals surface area contributed by atoms with Crippen molar-refractivity contribution in [1.29, 1.82) is 0 Å². The molecule has 0 aliphatic heterocycles. The summed E-state index contributed by atoms with van der Waals surface area (Å²) in [6, 6.07) is 0.281. The first-order valence-electron chi connectivity index (χ1n) is 9.35. The van der Waals surface area contributed by atoms with Crippen LogP contribution in [0.1, 0.15) is 50.0 Å². The van der Waals surface area contributed by atoms with Crippen molar-refractivity contribution >= 4 is 39.2 Å². The van der Waals surface area contributed by atoms with Crippen LogP contribution in [0.2, 0.25) is 0 Å². The summed E-state index contributed by atoms with van der Waals surface area (Å²) >= 11 is 2.91. The highest BCUT2D eigenvalue weighted by molar-refractivity contribution is 7.99. The van der Waals surface area contributed by atoms with Crippen LogP contribution in [-0.2, 0) is 11.3 Å². The minimum atomic E-state index is 0.00293. The third kappa shape index (κ3) is 3.83. The Hall–Kier alpha value is -1.34. The van der Waals surface area contributed by atoms with Crippen LogP contribution in [0.4, 0.5) is 0 Å². The standard InChI is InChI=1S/C19H27N3O2S2/c1-5-22-18(24)16-12(3)13(4)26-17(16)21-19(22)25-10-15(23)20-14-9-7-6-8-11(14)2/h11,14H,5-10H2,1-4H3,(H,20,23)/t11-,14-/m1/s1. The van der Waals surface area contributed by atoms with Crippen LogP contribution in [0.3, 0.4) is 0 Å².